The summed E-state index contributed by atoms with van der Waals surface area (Å²) in [6.07, 6.45) is 1.13. The van der Waals surface area contributed by atoms with Gasteiger partial charge in [-0.05, 0) is 87.4 Å². The summed E-state index contributed by atoms with van der Waals surface area (Å²) in [5.74, 6) is -2.24. The Morgan fingerprint density at radius 3 is 2.59 bits per heavy atom. The summed E-state index contributed by atoms with van der Waals surface area (Å²) in [5.41, 5.74) is 1.21. The molecule has 12 heteroatoms. The predicted octanol–water partition coefficient (Wildman–Crippen LogP) is 5.48. The predicted molar refractivity (Wildman–Crippen MR) is 153 cm³/mol. The van der Waals surface area contributed by atoms with E-state index in [9.17, 15) is 27.2 Å². The number of aryl methyl sites for hydroxylation is 1. The van der Waals surface area contributed by atoms with Crippen LogP contribution in [0.1, 0.15) is 63.9 Å². The van der Waals surface area contributed by atoms with Gasteiger partial charge in [-0.15, -0.1) is 11.3 Å². The molecule has 41 heavy (non-hydrogen) atoms. The van der Waals surface area contributed by atoms with Gasteiger partial charge in [0, 0.05) is 4.88 Å². The fourth-order valence-electron chi connectivity index (χ4n) is 4.61. The summed E-state index contributed by atoms with van der Waals surface area (Å²) in [4.78, 5) is 39.8. The molecule has 0 saturated heterocycles. The van der Waals surface area contributed by atoms with Crippen molar-refractivity contribution in [2.45, 2.75) is 58.0 Å². The Labute approximate surface area is 242 Å². The molecule has 1 heterocycles. The first kappa shape index (κ1) is 30.2. The van der Waals surface area contributed by atoms with Crippen LogP contribution < -0.4 is 10.0 Å². The smallest absolute Gasteiger partial charge is 0.341 e. The first-order valence-corrected chi connectivity index (χ1v) is 15.4. The van der Waals surface area contributed by atoms with Crippen molar-refractivity contribution < 1.29 is 36.7 Å². The zero-order valence-electron chi connectivity index (χ0n) is 23.1. The minimum absolute atomic E-state index is 0.0708. The van der Waals surface area contributed by atoms with Gasteiger partial charge in [0.25, 0.3) is 15.9 Å². The summed E-state index contributed by atoms with van der Waals surface area (Å²) in [6, 6.07) is 9.03. The van der Waals surface area contributed by atoms with Gasteiger partial charge in [0.05, 0.1) is 28.3 Å². The van der Waals surface area contributed by atoms with Crippen molar-refractivity contribution in [3.05, 3.63) is 75.4 Å². The lowest BCUT2D eigenvalue weighted by atomic mass is 9.88. The van der Waals surface area contributed by atoms with E-state index in [2.05, 4.69) is 17.0 Å². The van der Waals surface area contributed by atoms with E-state index in [1.165, 1.54) is 49.4 Å². The van der Waals surface area contributed by atoms with E-state index in [-0.39, 0.29) is 28.3 Å². The molecule has 0 saturated carbocycles. The number of esters is 2. The minimum Gasteiger partial charge on any atom is -0.462 e. The molecule has 0 fully saturated rings. The number of carbonyl (C=O) groups excluding carboxylic acids is 3. The van der Waals surface area contributed by atoms with E-state index in [1.807, 2.05) is 0 Å². The number of anilines is 2. The Hall–Kier alpha value is -3.77. The standard InChI is InChI=1S/C29H31FN2O7S2/c1-5-38-29(35)25-21-12-10-16(2)14-23(21)40-27(25)31-26(33)18(4)39-28(34)20-8-6-7-9-22(20)32-41(36,37)24-13-11-19(30)15-17(24)3/h6-9,11,13,15-16,18,32H,5,10,12,14H2,1-4H3,(H,31,33)/t16-,18+/m1/s1. The van der Waals surface area contributed by atoms with Gasteiger partial charge in [0.2, 0.25) is 0 Å². The van der Waals surface area contributed by atoms with Gasteiger partial charge in [-0.1, -0.05) is 19.1 Å². The van der Waals surface area contributed by atoms with Gasteiger partial charge < -0.3 is 14.8 Å². The second-order valence-corrected chi connectivity index (χ2v) is 12.6. The highest BCUT2D eigenvalue weighted by molar-refractivity contribution is 7.92. The molecule has 218 valence electrons. The van der Waals surface area contributed by atoms with Crippen LogP contribution in [0.3, 0.4) is 0 Å². The second kappa shape index (κ2) is 12.4. The molecular weight excluding hydrogens is 571 g/mol. The van der Waals surface area contributed by atoms with Gasteiger partial charge in [-0.2, -0.15) is 0 Å². The van der Waals surface area contributed by atoms with Crippen molar-refractivity contribution in [3.8, 4) is 0 Å². The number of amides is 1. The Balaban J connectivity index is 1.51. The summed E-state index contributed by atoms with van der Waals surface area (Å²) in [7, 11) is -4.17. The number of sulfonamides is 1. The Kier molecular flexibility index (Phi) is 9.13. The molecule has 2 N–H and O–H groups in total. The lowest BCUT2D eigenvalue weighted by molar-refractivity contribution is -0.123. The molecule has 1 aromatic heterocycles. The molecule has 4 rings (SSSR count). The molecule has 2 aromatic carbocycles. The average Bonchev–Trinajstić information content (AvgIpc) is 3.25. The SMILES string of the molecule is CCOC(=O)c1c(NC(=O)[C@H](C)OC(=O)c2ccccc2NS(=O)(=O)c2ccc(F)cc2C)sc2c1CC[C@@H](C)C2. The Morgan fingerprint density at radius 2 is 1.88 bits per heavy atom. The molecule has 1 amide bonds. The van der Waals surface area contributed by atoms with Gasteiger partial charge in [0.15, 0.2) is 6.10 Å². The summed E-state index contributed by atoms with van der Waals surface area (Å²) < 4.78 is 52.5. The Bertz CT molecular complexity index is 1600. The Morgan fingerprint density at radius 1 is 1.15 bits per heavy atom. The van der Waals surface area contributed by atoms with Crippen LogP contribution in [0.15, 0.2) is 47.4 Å². The maximum absolute atomic E-state index is 13.5. The lowest BCUT2D eigenvalue weighted by Crippen LogP contribution is -2.30. The second-order valence-electron chi connectivity index (χ2n) is 9.87. The van der Waals surface area contributed by atoms with Gasteiger partial charge in [-0.25, -0.2) is 22.4 Å². The molecule has 9 nitrogen and oxygen atoms in total. The first-order chi connectivity index (χ1) is 19.4. The number of rotatable bonds is 9. The largest absolute Gasteiger partial charge is 0.462 e. The molecule has 0 spiro atoms. The fourth-order valence-corrected chi connectivity index (χ4v) is 7.32. The van der Waals surface area contributed by atoms with Crippen LogP contribution >= 0.6 is 11.3 Å². The quantitative estimate of drug-likeness (QED) is 0.310. The maximum atomic E-state index is 13.5. The molecule has 2 atom stereocenters. The molecule has 1 aliphatic carbocycles. The number of halogens is 1. The van der Waals surface area contributed by atoms with Crippen molar-refractivity contribution in [1.29, 1.82) is 0 Å². The van der Waals surface area contributed by atoms with Crippen LogP contribution in [-0.2, 0) is 37.1 Å². The third kappa shape index (κ3) is 6.76. The highest BCUT2D eigenvalue weighted by Crippen LogP contribution is 2.40. The lowest BCUT2D eigenvalue weighted by Gasteiger charge is -2.18. The normalized spacial score (nSPS) is 15.4. The van der Waals surface area contributed by atoms with Gasteiger partial charge in [-0.3, -0.25) is 9.52 Å². The summed E-state index contributed by atoms with van der Waals surface area (Å²) >= 11 is 1.32. The van der Waals surface area contributed by atoms with E-state index >= 15 is 0 Å². The number of ether oxygens (including phenoxy) is 2. The molecule has 0 bridgehead atoms. The molecular formula is C29H31FN2O7S2. The van der Waals surface area contributed by atoms with Crippen LogP contribution in [0.4, 0.5) is 15.1 Å². The molecule has 0 aliphatic heterocycles. The van der Waals surface area contributed by atoms with Crippen molar-refractivity contribution in [1.82, 2.24) is 0 Å². The van der Waals surface area contributed by atoms with E-state index in [1.54, 1.807) is 6.92 Å². The number of carbonyl (C=O) groups is 3. The van der Waals surface area contributed by atoms with E-state index in [0.29, 0.717) is 22.9 Å². The third-order valence-corrected chi connectivity index (χ3v) is 9.39. The zero-order chi connectivity index (χ0) is 29.9. The van der Waals surface area contributed by atoms with E-state index in [4.69, 9.17) is 9.47 Å². The number of fused-ring (bicyclic) bond motifs is 1. The zero-order valence-corrected chi connectivity index (χ0v) is 24.7. The van der Waals surface area contributed by atoms with Crippen LogP contribution in [0.25, 0.3) is 0 Å². The van der Waals surface area contributed by atoms with Crippen molar-refractivity contribution in [2.24, 2.45) is 5.92 Å². The molecule has 0 radical (unpaired) electrons. The topological polar surface area (TPSA) is 128 Å². The van der Waals surface area contributed by atoms with Crippen LogP contribution in [-0.4, -0.2) is 39.0 Å². The van der Waals surface area contributed by atoms with Crippen molar-refractivity contribution in [3.63, 3.8) is 0 Å². The number of benzene rings is 2. The number of hydrogen-bond acceptors (Lipinski definition) is 8. The van der Waals surface area contributed by atoms with Gasteiger partial charge in [0.1, 0.15) is 10.8 Å². The monoisotopic (exact) mass is 602 g/mol. The van der Waals surface area contributed by atoms with Crippen molar-refractivity contribution in [2.75, 3.05) is 16.6 Å². The number of para-hydroxylation sites is 1. The van der Waals surface area contributed by atoms with E-state index in [0.717, 1.165) is 41.5 Å². The third-order valence-electron chi connectivity index (χ3n) is 6.70. The molecule has 3 aromatic rings. The van der Waals surface area contributed by atoms with Crippen LogP contribution in [0.5, 0.6) is 0 Å². The van der Waals surface area contributed by atoms with Crippen LogP contribution in [0.2, 0.25) is 0 Å². The number of nitrogens with one attached hydrogen (secondary N) is 2. The average molecular weight is 603 g/mol. The van der Waals surface area contributed by atoms with E-state index < -0.39 is 39.8 Å². The highest BCUT2D eigenvalue weighted by Gasteiger charge is 2.31. The van der Waals surface area contributed by atoms with Crippen molar-refractivity contribution >= 4 is 49.9 Å². The van der Waals surface area contributed by atoms with Gasteiger partial charge >= 0.3 is 11.9 Å². The maximum Gasteiger partial charge on any atom is 0.341 e. The fraction of sp³-hybridized carbons (Fsp3) is 0.345. The number of thiophene rings is 1. The minimum atomic E-state index is -4.17. The summed E-state index contributed by atoms with van der Waals surface area (Å²) in [6.45, 7) is 6.85. The first-order valence-electron chi connectivity index (χ1n) is 13.1. The molecule has 1 aliphatic rings. The number of hydrogen-bond donors (Lipinski definition) is 2. The summed E-state index contributed by atoms with van der Waals surface area (Å²) in [5, 5.41) is 3.07. The van der Waals surface area contributed by atoms with Crippen LogP contribution in [0, 0.1) is 18.7 Å². The highest BCUT2D eigenvalue weighted by atomic mass is 32.2. The molecule has 0 unspecified atom stereocenters.